The molecule has 1 nitrogen and oxygen atoms in total. The molecule has 2 aromatic rings. The molecule has 1 atom stereocenters. The van der Waals surface area contributed by atoms with Crippen molar-refractivity contribution in [2.45, 2.75) is 19.9 Å². The number of hydrogen-bond donors (Lipinski definition) is 1. The summed E-state index contributed by atoms with van der Waals surface area (Å²) < 4.78 is 0. The van der Waals surface area contributed by atoms with Crippen molar-refractivity contribution < 1.29 is 0 Å². The summed E-state index contributed by atoms with van der Waals surface area (Å²) >= 11 is 3.54. The van der Waals surface area contributed by atoms with E-state index < -0.39 is 0 Å². The van der Waals surface area contributed by atoms with Crippen molar-refractivity contribution in [2.24, 2.45) is 5.73 Å². The van der Waals surface area contributed by atoms with Gasteiger partial charge in [-0.25, -0.2) is 0 Å². The van der Waals surface area contributed by atoms with Gasteiger partial charge in [-0.1, -0.05) is 6.07 Å². The lowest BCUT2D eigenvalue weighted by molar-refractivity contribution is 0.890. The van der Waals surface area contributed by atoms with E-state index in [0.717, 1.165) is 0 Å². The van der Waals surface area contributed by atoms with Gasteiger partial charge in [0.1, 0.15) is 0 Å². The SMILES string of the molecule is Cc1cc(C(N)c2cccs2)c(C)s1. The van der Waals surface area contributed by atoms with Gasteiger partial charge in [0.2, 0.25) is 0 Å². The van der Waals surface area contributed by atoms with Crippen LogP contribution in [0, 0.1) is 13.8 Å². The molecule has 0 fully saturated rings. The summed E-state index contributed by atoms with van der Waals surface area (Å²) in [5.41, 5.74) is 7.47. The molecule has 0 spiro atoms. The molecule has 2 aromatic heterocycles. The maximum atomic E-state index is 6.19. The molecule has 2 rings (SSSR count). The van der Waals surface area contributed by atoms with Crippen LogP contribution in [0.25, 0.3) is 0 Å². The van der Waals surface area contributed by atoms with Crippen LogP contribution in [0.15, 0.2) is 23.6 Å². The van der Waals surface area contributed by atoms with Gasteiger partial charge in [0.15, 0.2) is 0 Å². The fraction of sp³-hybridized carbons (Fsp3) is 0.273. The number of thiophene rings is 2. The van der Waals surface area contributed by atoms with Gasteiger partial charge in [0.05, 0.1) is 6.04 Å². The van der Waals surface area contributed by atoms with Crippen molar-refractivity contribution in [3.8, 4) is 0 Å². The van der Waals surface area contributed by atoms with E-state index in [-0.39, 0.29) is 6.04 Å². The second kappa shape index (κ2) is 3.85. The zero-order valence-corrected chi connectivity index (χ0v) is 9.91. The van der Waals surface area contributed by atoms with Gasteiger partial charge in [0, 0.05) is 14.6 Å². The predicted molar refractivity (Wildman–Crippen MR) is 64.1 cm³/mol. The van der Waals surface area contributed by atoms with Crippen molar-refractivity contribution in [1.82, 2.24) is 0 Å². The van der Waals surface area contributed by atoms with Crippen LogP contribution in [-0.2, 0) is 0 Å². The first-order chi connectivity index (χ1) is 6.68. The average molecular weight is 223 g/mol. The monoisotopic (exact) mass is 223 g/mol. The average Bonchev–Trinajstić information content (AvgIpc) is 2.73. The highest BCUT2D eigenvalue weighted by Gasteiger charge is 2.14. The number of rotatable bonds is 2. The van der Waals surface area contributed by atoms with E-state index in [0.29, 0.717) is 0 Å². The molecule has 3 heteroatoms. The fourth-order valence-corrected chi connectivity index (χ4v) is 3.30. The predicted octanol–water partition coefficient (Wildman–Crippen LogP) is 3.47. The van der Waals surface area contributed by atoms with Crippen molar-refractivity contribution in [1.29, 1.82) is 0 Å². The quantitative estimate of drug-likeness (QED) is 0.829. The summed E-state index contributed by atoms with van der Waals surface area (Å²) in [6.07, 6.45) is 0. The van der Waals surface area contributed by atoms with Gasteiger partial charge in [-0.15, -0.1) is 22.7 Å². The molecule has 2 heterocycles. The topological polar surface area (TPSA) is 26.0 Å². The zero-order valence-electron chi connectivity index (χ0n) is 8.28. The highest BCUT2D eigenvalue weighted by molar-refractivity contribution is 7.12. The van der Waals surface area contributed by atoms with Gasteiger partial charge < -0.3 is 5.73 Å². The van der Waals surface area contributed by atoms with Crippen LogP contribution in [0.5, 0.6) is 0 Å². The van der Waals surface area contributed by atoms with Crippen LogP contribution in [-0.4, -0.2) is 0 Å². The van der Waals surface area contributed by atoms with Gasteiger partial charge in [-0.3, -0.25) is 0 Å². The minimum Gasteiger partial charge on any atom is -0.320 e. The molecule has 0 aliphatic rings. The van der Waals surface area contributed by atoms with Crippen LogP contribution in [0.2, 0.25) is 0 Å². The molecular weight excluding hydrogens is 210 g/mol. The number of nitrogens with two attached hydrogens (primary N) is 1. The molecule has 0 radical (unpaired) electrons. The zero-order chi connectivity index (χ0) is 10.1. The summed E-state index contributed by atoms with van der Waals surface area (Å²) in [6, 6.07) is 6.40. The molecule has 2 N–H and O–H groups in total. The molecule has 74 valence electrons. The molecule has 0 amide bonds. The van der Waals surface area contributed by atoms with Crippen LogP contribution >= 0.6 is 22.7 Å². The molecule has 0 bridgehead atoms. The Kier molecular flexibility index (Phi) is 2.72. The van der Waals surface area contributed by atoms with E-state index in [1.807, 2.05) is 11.3 Å². The third-order valence-corrected chi connectivity index (χ3v) is 4.20. The second-order valence-electron chi connectivity index (χ2n) is 3.36. The Bertz CT molecular complexity index is 414. The lowest BCUT2D eigenvalue weighted by Gasteiger charge is -2.08. The van der Waals surface area contributed by atoms with Crippen LogP contribution in [0.1, 0.15) is 26.2 Å². The van der Waals surface area contributed by atoms with E-state index in [1.165, 1.54) is 20.2 Å². The maximum Gasteiger partial charge on any atom is 0.0656 e. The Morgan fingerprint density at radius 2 is 2.14 bits per heavy atom. The Balaban J connectivity index is 2.36. The Morgan fingerprint density at radius 1 is 1.36 bits per heavy atom. The van der Waals surface area contributed by atoms with Gasteiger partial charge >= 0.3 is 0 Å². The highest BCUT2D eigenvalue weighted by Crippen LogP contribution is 2.30. The summed E-state index contributed by atoms with van der Waals surface area (Å²) in [4.78, 5) is 3.92. The molecule has 1 unspecified atom stereocenters. The lowest BCUT2D eigenvalue weighted by Crippen LogP contribution is -2.10. The smallest absolute Gasteiger partial charge is 0.0656 e. The summed E-state index contributed by atoms with van der Waals surface area (Å²) in [5.74, 6) is 0. The molecular formula is C11H13NS2. The van der Waals surface area contributed by atoms with Crippen molar-refractivity contribution >= 4 is 22.7 Å². The van der Waals surface area contributed by atoms with Crippen molar-refractivity contribution in [3.05, 3.63) is 43.8 Å². The Morgan fingerprint density at radius 3 is 2.64 bits per heavy atom. The van der Waals surface area contributed by atoms with Crippen molar-refractivity contribution in [3.63, 3.8) is 0 Å². The molecule has 0 aliphatic heterocycles. The third-order valence-electron chi connectivity index (χ3n) is 2.26. The van der Waals surface area contributed by atoms with Gasteiger partial charge in [-0.2, -0.15) is 0 Å². The standard InChI is InChI=1S/C11H13NS2/c1-7-6-9(8(2)14-7)11(12)10-4-3-5-13-10/h3-6,11H,12H2,1-2H3. The first-order valence-electron chi connectivity index (χ1n) is 4.54. The van der Waals surface area contributed by atoms with Gasteiger partial charge in [-0.05, 0) is 36.9 Å². The Hall–Kier alpha value is -0.640. The van der Waals surface area contributed by atoms with E-state index in [9.17, 15) is 0 Å². The minimum absolute atomic E-state index is 0.0555. The molecule has 0 aliphatic carbocycles. The molecule has 0 saturated heterocycles. The molecule has 0 aromatic carbocycles. The second-order valence-corrected chi connectivity index (χ2v) is 5.80. The van der Waals surface area contributed by atoms with Crippen LogP contribution in [0.4, 0.5) is 0 Å². The lowest BCUT2D eigenvalue weighted by atomic mass is 10.1. The van der Waals surface area contributed by atoms with E-state index in [2.05, 4.69) is 37.4 Å². The van der Waals surface area contributed by atoms with Gasteiger partial charge in [0.25, 0.3) is 0 Å². The summed E-state index contributed by atoms with van der Waals surface area (Å²) in [7, 11) is 0. The Labute approximate surface area is 92.2 Å². The normalized spacial score (nSPS) is 13.1. The molecule has 0 saturated carbocycles. The van der Waals surface area contributed by atoms with Crippen molar-refractivity contribution in [2.75, 3.05) is 0 Å². The first-order valence-corrected chi connectivity index (χ1v) is 6.24. The van der Waals surface area contributed by atoms with E-state index in [1.54, 1.807) is 11.3 Å². The third kappa shape index (κ3) is 1.75. The van der Waals surface area contributed by atoms with E-state index >= 15 is 0 Å². The van der Waals surface area contributed by atoms with E-state index in [4.69, 9.17) is 5.73 Å². The summed E-state index contributed by atoms with van der Waals surface area (Å²) in [6.45, 7) is 4.27. The fourth-order valence-electron chi connectivity index (χ4n) is 1.58. The van der Waals surface area contributed by atoms with Crippen LogP contribution < -0.4 is 5.73 Å². The minimum atomic E-state index is 0.0555. The number of hydrogen-bond acceptors (Lipinski definition) is 3. The molecule has 14 heavy (non-hydrogen) atoms. The first kappa shape index (κ1) is 9.90. The summed E-state index contributed by atoms with van der Waals surface area (Å²) in [5, 5.41) is 2.07. The largest absolute Gasteiger partial charge is 0.320 e. The van der Waals surface area contributed by atoms with Crippen LogP contribution in [0.3, 0.4) is 0 Å². The highest BCUT2D eigenvalue weighted by atomic mass is 32.1. The maximum absolute atomic E-state index is 6.19. The number of aryl methyl sites for hydroxylation is 2.